The average molecular weight is 346 g/mol. The molecule has 0 saturated heterocycles. The topological polar surface area (TPSA) is 46.6 Å². The zero-order chi connectivity index (χ0) is 18.9. The molecule has 132 valence electrons. The zero-order valence-electron chi connectivity index (χ0n) is 15.3. The van der Waals surface area contributed by atoms with E-state index in [9.17, 15) is 9.90 Å². The summed E-state index contributed by atoms with van der Waals surface area (Å²) in [5.74, 6) is -0.234. The van der Waals surface area contributed by atoms with E-state index in [1.54, 1.807) is 19.1 Å². The van der Waals surface area contributed by atoms with E-state index in [-0.39, 0.29) is 18.7 Å². The van der Waals surface area contributed by atoms with Crippen LogP contribution in [0.1, 0.15) is 23.6 Å². The molecule has 2 aromatic carbocycles. The number of carbonyl (C=O) groups excluding carboxylic acids is 1. The summed E-state index contributed by atoms with van der Waals surface area (Å²) >= 11 is 0. The first-order chi connectivity index (χ1) is 12.3. The van der Waals surface area contributed by atoms with Crippen molar-refractivity contribution in [3.05, 3.63) is 76.8 Å². The van der Waals surface area contributed by atoms with Gasteiger partial charge < -0.3 is 9.67 Å². The standard InChI is InChI=1S/C22H22N2O2/c1-15-6-5-7-20-18(15)10-11-24(20)14-22(3,26)21(25)13-17-8-9-19(23-4)16(2)12-17/h5-12,26H,13-14H2,1-3H3/t22-/m0/s1. The maximum absolute atomic E-state index is 12.7. The minimum atomic E-state index is -1.47. The van der Waals surface area contributed by atoms with Gasteiger partial charge in [-0.25, -0.2) is 4.85 Å². The molecule has 4 heteroatoms. The van der Waals surface area contributed by atoms with Gasteiger partial charge in [-0.1, -0.05) is 30.3 Å². The van der Waals surface area contributed by atoms with Gasteiger partial charge in [0.1, 0.15) is 5.60 Å². The van der Waals surface area contributed by atoms with Gasteiger partial charge in [-0.3, -0.25) is 4.79 Å². The van der Waals surface area contributed by atoms with Crippen LogP contribution in [0, 0.1) is 20.4 Å². The molecule has 1 atom stereocenters. The summed E-state index contributed by atoms with van der Waals surface area (Å²) in [6.45, 7) is 12.8. The predicted octanol–water partition coefficient (Wildman–Crippen LogP) is 4.37. The van der Waals surface area contributed by atoms with Crippen molar-refractivity contribution in [1.82, 2.24) is 4.57 Å². The monoisotopic (exact) mass is 346 g/mol. The van der Waals surface area contributed by atoms with E-state index in [0.717, 1.165) is 22.0 Å². The van der Waals surface area contributed by atoms with Gasteiger partial charge in [-0.15, -0.1) is 0 Å². The van der Waals surface area contributed by atoms with Crippen LogP contribution in [0.2, 0.25) is 0 Å². The molecule has 0 amide bonds. The number of benzene rings is 2. The summed E-state index contributed by atoms with van der Waals surface area (Å²) in [4.78, 5) is 16.1. The quantitative estimate of drug-likeness (QED) is 0.697. The second-order valence-corrected chi connectivity index (χ2v) is 7.06. The molecule has 3 aromatic rings. The normalized spacial score (nSPS) is 13.3. The smallest absolute Gasteiger partial charge is 0.190 e. The number of hydrogen-bond acceptors (Lipinski definition) is 2. The molecular formula is C22H22N2O2. The number of fused-ring (bicyclic) bond motifs is 1. The summed E-state index contributed by atoms with van der Waals surface area (Å²) < 4.78 is 1.92. The molecule has 26 heavy (non-hydrogen) atoms. The zero-order valence-corrected chi connectivity index (χ0v) is 15.3. The van der Waals surface area contributed by atoms with Crippen LogP contribution < -0.4 is 0 Å². The third-order valence-electron chi connectivity index (χ3n) is 4.86. The van der Waals surface area contributed by atoms with Crippen molar-refractivity contribution in [1.29, 1.82) is 0 Å². The highest BCUT2D eigenvalue weighted by Crippen LogP contribution is 2.24. The van der Waals surface area contributed by atoms with E-state index in [1.807, 2.05) is 54.9 Å². The molecule has 0 bridgehead atoms. The third kappa shape index (κ3) is 3.40. The van der Waals surface area contributed by atoms with Crippen molar-refractivity contribution in [3.8, 4) is 0 Å². The second kappa shape index (κ2) is 6.78. The van der Waals surface area contributed by atoms with E-state index < -0.39 is 5.60 Å². The molecule has 4 nitrogen and oxygen atoms in total. The van der Waals surface area contributed by atoms with E-state index >= 15 is 0 Å². The van der Waals surface area contributed by atoms with Crippen molar-refractivity contribution >= 4 is 22.4 Å². The van der Waals surface area contributed by atoms with Crippen LogP contribution in [-0.4, -0.2) is 21.1 Å². The molecule has 0 aliphatic heterocycles. The second-order valence-electron chi connectivity index (χ2n) is 7.06. The van der Waals surface area contributed by atoms with Crippen LogP contribution in [0.25, 0.3) is 15.7 Å². The molecule has 0 saturated carbocycles. The van der Waals surface area contributed by atoms with Gasteiger partial charge >= 0.3 is 0 Å². The first-order valence-corrected chi connectivity index (χ1v) is 8.59. The third-order valence-corrected chi connectivity index (χ3v) is 4.86. The van der Waals surface area contributed by atoms with Gasteiger partial charge in [0.25, 0.3) is 0 Å². The molecule has 1 aromatic heterocycles. The number of nitrogens with zero attached hydrogens (tertiary/aromatic N) is 2. The number of ketones is 1. The van der Waals surface area contributed by atoms with Crippen molar-refractivity contribution in [2.75, 3.05) is 0 Å². The molecule has 3 rings (SSSR count). The summed E-state index contributed by atoms with van der Waals surface area (Å²) in [5.41, 5.74) is 2.95. The maximum Gasteiger partial charge on any atom is 0.190 e. The average Bonchev–Trinajstić information content (AvgIpc) is 2.99. The Bertz CT molecular complexity index is 1020. The maximum atomic E-state index is 12.7. The minimum absolute atomic E-state index is 0.143. The number of rotatable bonds is 5. The highest BCUT2D eigenvalue weighted by molar-refractivity contribution is 5.89. The Hall–Kier alpha value is -2.90. The first-order valence-electron chi connectivity index (χ1n) is 8.59. The van der Waals surface area contributed by atoms with E-state index in [1.165, 1.54) is 5.56 Å². The number of carbonyl (C=O) groups is 1. The van der Waals surface area contributed by atoms with Gasteiger partial charge in [0.2, 0.25) is 0 Å². The number of hydrogen-bond donors (Lipinski definition) is 1. The molecule has 0 spiro atoms. The number of aryl methyl sites for hydroxylation is 2. The van der Waals surface area contributed by atoms with E-state index in [2.05, 4.69) is 4.85 Å². The first kappa shape index (κ1) is 17.9. The Kier molecular flexibility index (Phi) is 4.67. The van der Waals surface area contributed by atoms with E-state index in [0.29, 0.717) is 5.69 Å². The van der Waals surface area contributed by atoms with Crippen LogP contribution in [0.5, 0.6) is 0 Å². The fourth-order valence-electron chi connectivity index (χ4n) is 3.26. The molecule has 0 unspecified atom stereocenters. The van der Waals surface area contributed by atoms with Gasteiger partial charge in [0.15, 0.2) is 11.5 Å². The summed E-state index contributed by atoms with van der Waals surface area (Å²) in [7, 11) is 0. The lowest BCUT2D eigenvalue weighted by molar-refractivity contribution is -0.136. The number of aliphatic hydroxyl groups is 1. The largest absolute Gasteiger partial charge is 0.380 e. The lowest BCUT2D eigenvalue weighted by Crippen LogP contribution is -2.40. The molecule has 0 aliphatic rings. The van der Waals surface area contributed by atoms with Crippen LogP contribution >= 0.6 is 0 Å². The van der Waals surface area contributed by atoms with Crippen LogP contribution in [0.4, 0.5) is 5.69 Å². The Morgan fingerprint density at radius 1 is 1.19 bits per heavy atom. The predicted molar refractivity (Wildman–Crippen MR) is 103 cm³/mol. The lowest BCUT2D eigenvalue weighted by Gasteiger charge is -2.23. The SMILES string of the molecule is [C-]#[N+]c1ccc(CC(=O)[C@@](C)(O)Cn2ccc3c(C)cccc32)cc1C. The fourth-order valence-corrected chi connectivity index (χ4v) is 3.26. The van der Waals surface area contributed by atoms with Crippen molar-refractivity contribution in [2.24, 2.45) is 0 Å². The Balaban J connectivity index is 1.81. The summed E-state index contributed by atoms with van der Waals surface area (Å²) in [6, 6.07) is 13.4. The number of Topliss-reactive ketones (excluding diaryl/α,β-unsaturated/α-hetero) is 1. The summed E-state index contributed by atoms with van der Waals surface area (Å²) in [6.07, 6.45) is 2.05. The van der Waals surface area contributed by atoms with Crippen LogP contribution in [0.15, 0.2) is 48.7 Å². The summed E-state index contributed by atoms with van der Waals surface area (Å²) in [5, 5.41) is 11.9. The van der Waals surface area contributed by atoms with Crippen molar-refractivity contribution < 1.29 is 9.90 Å². The fraction of sp³-hybridized carbons (Fsp3) is 0.273. The van der Waals surface area contributed by atoms with Crippen molar-refractivity contribution in [3.63, 3.8) is 0 Å². The molecule has 0 radical (unpaired) electrons. The van der Waals surface area contributed by atoms with Gasteiger partial charge in [-0.2, -0.15) is 0 Å². The molecule has 0 fully saturated rings. The molecule has 0 aliphatic carbocycles. The Morgan fingerprint density at radius 3 is 2.65 bits per heavy atom. The Labute approximate surface area is 153 Å². The van der Waals surface area contributed by atoms with Crippen LogP contribution in [0.3, 0.4) is 0 Å². The Morgan fingerprint density at radius 2 is 1.96 bits per heavy atom. The van der Waals surface area contributed by atoms with Crippen LogP contribution in [-0.2, 0) is 17.8 Å². The molecule has 1 heterocycles. The van der Waals surface area contributed by atoms with Gasteiger partial charge in [-0.05, 0) is 49.6 Å². The van der Waals surface area contributed by atoms with Crippen molar-refractivity contribution in [2.45, 2.75) is 39.3 Å². The molecule has 1 N–H and O–H groups in total. The molecular weight excluding hydrogens is 324 g/mol. The highest BCUT2D eigenvalue weighted by atomic mass is 16.3. The highest BCUT2D eigenvalue weighted by Gasteiger charge is 2.30. The minimum Gasteiger partial charge on any atom is -0.380 e. The van der Waals surface area contributed by atoms with E-state index in [4.69, 9.17) is 6.57 Å². The van der Waals surface area contributed by atoms with Gasteiger partial charge in [0, 0.05) is 23.5 Å². The lowest BCUT2D eigenvalue weighted by atomic mass is 9.94. The number of aromatic nitrogens is 1. The van der Waals surface area contributed by atoms with Gasteiger partial charge in [0.05, 0.1) is 13.1 Å².